The van der Waals surface area contributed by atoms with Crippen LogP contribution < -0.4 is 5.48 Å². The number of carbonyl (C=O) groups excluding carboxylic acids is 2. The van der Waals surface area contributed by atoms with Crippen LogP contribution in [0.3, 0.4) is 0 Å². The summed E-state index contributed by atoms with van der Waals surface area (Å²) in [6.07, 6.45) is 0.111. The van der Waals surface area contributed by atoms with Gasteiger partial charge in [0.1, 0.15) is 0 Å². The molecule has 12 heteroatoms. The number of hydroxylamine groups is 1. The van der Waals surface area contributed by atoms with Crippen molar-refractivity contribution in [2.75, 3.05) is 46.0 Å². The van der Waals surface area contributed by atoms with Gasteiger partial charge in [0.25, 0.3) is 11.8 Å². The minimum absolute atomic E-state index is 0.0125. The van der Waals surface area contributed by atoms with Gasteiger partial charge in [-0.15, -0.1) is 0 Å². The fraction of sp³-hybridized carbons (Fsp3) is 0.609. The molecule has 35 heavy (non-hydrogen) atoms. The molecule has 1 aromatic rings. The van der Waals surface area contributed by atoms with Crippen LogP contribution in [0.4, 0.5) is 4.79 Å². The number of benzene rings is 1. The van der Waals surface area contributed by atoms with Crippen molar-refractivity contribution in [1.82, 2.24) is 19.6 Å². The average Bonchev–Trinajstić information content (AvgIpc) is 2.83. The summed E-state index contributed by atoms with van der Waals surface area (Å²) in [5.41, 5.74) is 2.89. The van der Waals surface area contributed by atoms with Crippen LogP contribution in [0.15, 0.2) is 18.2 Å². The number of hydrogen-bond acceptors (Lipinski definition) is 6. The summed E-state index contributed by atoms with van der Waals surface area (Å²) >= 11 is 0. The van der Waals surface area contributed by atoms with Crippen LogP contribution >= 0.6 is 0 Å². The highest BCUT2D eigenvalue weighted by molar-refractivity contribution is 7.89. The van der Waals surface area contributed by atoms with Gasteiger partial charge in [-0.05, 0) is 61.8 Å². The minimum atomic E-state index is -3.83. The highest BCUT2D eigenvalue weighted by Crippen LogP contribution is 2.37. The number of carbonyl (C=O) groups is 3. The van der Waals surface area contributed by atoms with Crippen molar-refractivity contribution in [3.8, 4) is 0 Å². The van der Waals surface area contributed by atoms with E-state index in [-0.39, 0.29) is 37.8 Å². The molecule has 2 fully saturated rings. The van der Waals surface area contributed by atoms with Crippen molar-refractivity contribution in [2.24, 2.45) is 5.41 Å². The van der Waals surface area contributed by atoms with Crippen molar-refractivity contribution in [3.05, 3.63) is 34.9 Å². The number of sulfonamides is 1. The molecule has 0 aliphatic carbocycles. The normalized spacial score (nSPS) is 19.3. The molecule has 194 valence electrons. The molecule has 0 atom stereocenters. The number of likely N-dealkylation sites (tertiary alicyclic amines) is 1. The van der Waals surface area contributed by atoms with Gasteiger partial charge in [0.05, 0.1) is 11.2 Å². The molecule has 11 nitrogen and oxygen atoms in total. The third kappa shape index (κ3) is 5.76. The number of aryl methyl sites for hydroxylation is 1. The average molecular weight is 511 g/mol. The Morgan fingerprint density at radius 3 is 2.20 bits per heavy atom. The molecule has 0 unspecified atom stereocenters. The van der Waals surface area contributed by atoms with E-state index in [1.54, 1.807) is 25.6 Å². The molecule has 2 aliphatic heterocycles. The van der Waals surface area contributed by atoms with Crippen LogP contribution in [0.2, 0.25) is 0 Å². The summed E-state index contributed by atoms with van der Waals surface area (Å²) in [5.74, 6) is -1.21. The number of amides is 3. The lowest BCUT2D eigenvalue weighted by atomic mass is 9.79. The molecule has 0 radical (unpaired) electrons. The zero-order valence-electron chi connectivity index (χ0n) is 20.4. The first-order chi connectivity index (χ1) is 16.4. The van der Waals surface area contributed by atoms with Gasteiger partial charge < -0.3 is 14.9 Å². The maximum absolute atomic E-state index is 13.3. The maximum atomic E-state index is 13.3. The number of carboxylic acid groups (broad SMARTS) is 1. The Hall–Kier alpha value is -2.70. The molecule has 2 aliphatic rings. The van der Waals surface area contributed by atoms with E-state index in [2.05, 4.69) is 0 Å². The van der Waals surface area contributed by atoms with Crippen molar-refractivity contribution >= 4 is 27.9 Å². The summed E-state index contributed by atoms with van der Waals surface area (Å²) < 4.78 is 27.9. The standard InChI is InChI=1S/C23H34N4O7S/c1-16-14-18(20(28)25(2)3)4-5-19(16)17-6-10-27(11-7-17)35(33,34)15-23(21(29)24-32)8-12-26(13-9-23)22(30)31/h4-5,14,17,32H,6-13,15H2,1-3H3,(H,24,29)(H,30,31). The number of nitrogens with zero attached hydrogens (tertiary/aromatic N) is 3. The van der Waals surface area contributed by atoms with Crippen LogP contribution in [-0.4, -0.2) is 96.8 Å². The lowest BCUT2D eigenvalue weighted by Crippen LogP contribution is -2.54. The minimum Gasteiger partial charge on any atom is -0.465 e. The predicted octanol–water partition coefficient (Wildman–Crippen LogP) is 1.47. The fourth-order valence-electron chi connectivity index (χ4n) is 5.09. The van der Waals surface area contributed by atoms with Gasteiger partial charge in [0.15, 0.2) is 0 Å². The number of rotatable bonds is 6. The van der Waals surface area contributed by atoms with Gasteiger partial charge >= 0.3 is 6.09 Å². The zero-order chi connectivity index (χ0) is 26.0. The molecule has 1 aromatic carbocycles. The van der Waals surface area contributed by atoms with E-state index in [4.69, 9.17) is 0 Å². The molecule has 0 bridgehead atoms. The summed E-state index contributed by atoms with van der Waals surface area (Å²) in [7, 11) is -0.432. The first-order valence-corrected chi connectivity index (χ1v) is 13.2. The summed E-state index contributed by atoms with van der Waals surface area (Å²) in [6.45, 7) is 2.58. The third-order valence-electron chi connectivity index (χ3n) is 7.24. The lowest BCUT2D eigenvalue weighted by Gasteiger charge is -2.40. The van der Waals surface area contributed by atoms with Gasteiger partial charge in [-0.3, -0.25) is 14.8 Å². The van der Waals surface area contributed by atoms with E-state index in [9.17, 15) is 33.1 Å². The Labute approximate surface area is 205 Å². The molecule has 2 saturated heterocycles. The second-order valence-electron chi connectivity index (χ2n) is 9.69. The number of hydrogen-bond donors (Lipinski definition) is 3. The Kier molecular flexibility index (Phi) is 8.07. The quantitative estimate of drug-likeness (QED) is 0.388. The van der Waals surface area contributed by atoms with E-state index in [1.165, 1.54) is 9.21 Å². The topological polar surface area (TPSA) is 148 Å². The molecule has 2 heterocycles. The van der Waals surface area contributed by atoms with E-state index in [0.717, 1.165) is 16.0 Å². The Balaban J connectivity index is 1.68. The molecule has 3 N–H and O–H groups in total. The first kappa shape index (κ1) is 26.9. The summed E-state index contributed by atoms with van der Waals surface area (Å²) in [6, 6.07) is 5.60. The molecule has 0 saturated carbocycles. The van der Waals surface area contributed by atoms with Crippen LogP contribution in [0.25, 0.3) is 0 Å². The van der Waals surface area contributed by atoms with E-state index < -0.39 is 33.2 Å². The van der Waals surface area contributed by atoms with Gasteiger partial charge in [-0.25, -0.2) is 23.0 Å². The molecule has 3 rings (SSSR count). The molecule has 0 spiro atoms. The largest absolute Gasteiger partial charge is 0.465 e. The number of nitrogens with one attached hydrogen (secondary N) is 1. The Morgan fingerprint density at radius 1 is 1.11 bits per heavy atom. The van der Waals surface area contributed by atoms with E-state index >= 15 is 0 Å². The van der Waals surface area contributed by atoms with Crippen molar-refractivity contribution < 1.29 is 33.1 Å². The summed E-state index contributed by atoms with van der Waals surface area (Å²) in [5, 5.41) is 18.4. The van der Waals surface area contributed by atoms with Gasteiger partial charge in [-0.2, -0.15) is 0 Å². The first-order valence-electron chi connectivity index (χ1n) is 11.6. The third-order valence-corrected chi connectivity index (χ3v) is 9.31. The van der Waals surface area contributed by atoms with Crippen LogP contribution in [0.1, 0.15) is 53.1 Å². The van der Waals surface area contributed by atoms with Crippen molar-refractivity contribution in [2.45, 2.75) is 38.5 Å². The second-order valence-corrected chi connectivity index (χ2v) is 11.7. The van der Waals surface area contributed by atoms with Gasteiger partial charge in [-0.1, -0.05) is 6.07 Å². The fourth-order valence-corrected chi connectivity index (χ4v) is 7.16. The second kappa shape index (κ2) is 10.5. The predicted molar refractivity (Wildman–Crippen MR) is 128 cm³/mol. The van der Waals surface area contributed by atoms with Gasteiger partial charge in [0.2, 0.25) is 10.0 Å². The van der Waals surface area contributed by atoms with Crippen molar-refractivity contribution in [1.29, 1.82) is 0 Å². The van der Waals surface area contributed by atoms with E-state index in [0.29, 0.717) is 31.5 Å². The highest BCUT2D eigenvalue weighted by Gasteiger charge is 2.47. The Bertz CT molecular complexity index is 1070. The van der Waals surface area contributed by atoms with Gasteiger partial charge in [0, 0.05) is 45.8 Å². The van der Waals surface area contributed by atoms with Crippen LogP contribution in [-0.2, 0) is 14.8 Å². The monoisotopic (exact) mass is 510 g/mol. The SMILES string of the molecule is Cc1cc(C(=O)N(C)C)ccc1C1CCN(S(=O)(=O)CC2(C(=O)NO)CCN(C(=O)O)CC2)CC1. The summed E-state index contributed by atoms with van der Waals surface area (Å²) in [4.78, 5) is 38.6. The molecule has 3 amide bonds. The molecular weight excluding hydrogens is 476 g/mol. The number of piperidine rings is 2. The molecule has 0 aromatic heterocycles. The van der Waals surface area contributed by atoms with Crippen molar-refractivity contribution in [3.63, 3.8) is 0 Å². The maximum Gasteiger partial charge on any atom is 0.407 e. The smallest absolute Gasteiger partial charge is 0.407 e. The zero-order valence-corrected chi connectivity index (χ0v) is 21.2. The Morgan fingerprint density at radius 2 is 1.71 bits per heavy atom. The highest BCUT2D eigenvalue weighted by atomic mass is 32.2. The molecular formula is C23H34N4O7S. The van der Waals surface area contributed by atoms with Crippen LogP contribution in [0.5, 0.6) is 0 Å². The van der Waals surface area contributed by atoms with Crippen LogP contribution in [0, 0.1) is 12.3 Å². The van der Waals surface area contributed by atoms with E-state index in [1.807, 2.05) is 19.1 Å². The lowest BCUT2D eigenvalue weighted by molar-refractivity contribution is -0.141.